The molecule has 1 aliphatic heterocycles. The highest BCUT2D eigenvalue weighted by Crippen LogP contribution is 2.47. The molecule has 0 saturated heterocycles. The smallest absolute Gasteiger partial charge is 0.312 e. The number of methoxy groups -OCH3 is 3. The minimum Gasteiger partial charge on any atom is -0.493 e. The fourth-order valence-electron chi connectivity index (χ4n) is 3.47. The molecular formula is C20H21ClO5. The standard InChI is InChI=1S/C20H21ClO5/c1-10-6-14-18(11(2)19(10)21)13(9-17(22)26-14)12-7-15(23-3)20(25-5)16(8-12)24-4/h6-8,13H,9H2,1-5H3/t13-/m0/s1. The number of ether oxygens (including phenoxy) is 4. The number of benzene rings is 2. The van der Waals surface area contributed by atoms with E-state index in [1.165, 1.54) is 0 Å². The number of halogens is 1. The monoisotopic (exact) mass is 376 g/mol. The van der Waals surface area contributed by atoms with E-state index in [2.05, 4.69) is 0 Å². The summed E-state index contributed by atoms with van der Waals surface area (Å²) in [5.41, 5.74) is 3.57. The molecule has 3 rings (SSSR count). The maximum atomic E-state index is 12.2. The van der Waals surface area contributed by atoms with E-state index in [1.807, 2.05) is 32.0 Å². The van der Waals surface area contributed by atoms with Crippen LogP contribution in [0.25, 0.3) is 0 Å². The van der Waals surface area contributed by atoms with Crippen LogP contribution < -0.4 is 18.9 Å². The van der Waals surface area contributed by atoms with E-state index in [0.717, 1.165) is 22.3 Å². The van der Waals surface area contributed by atoms with Crippen molar-refractivity contribution in [2.24, 2.45) is 0 Å². The molecule has 2 aromatic carbocycles. The van der Waals surface area contributed by atoms with Crippen LogP contribution in [0.1, 0.15) is 34.6 Å². The number of hydrogen-bond acceptors (Lipinski definition) is 5. The largest absolute Gasteiger partial charge is 0.493 e. The molecule has 2 aromatic rings. The van der Waals surface area contributed by atoms with Gasteiger partial charge in [-0.2, -0.15) is 0 Å². The molecule has 1 heterocycles. The second-order valence-electron chi connectivity index (χ2n) is 6.23. The van der Waals surface area contributed by atoms with E-state index >= 15 is 0 Å². The van der Waals surface area contributed by atoms with E-state index in [1.54, 1.807) is 21.3 Å². The zero-order valence-electron chi connectivity index (χ0n) is 15.4. The van der Waals surface area contributed by atoms with Crippen molar-refractivity contribution >= 4 is 17.6 Å². The lowest BCUT2D eigenvalue weighted by Gasteiger charge is -2.28. The first-order valence-corrected chi connectivity index (χ1v) is 8.59. The number of carbonyl (C=O) groups is 1. The van der Waals surface area contributed by atoms with Crippen LogP contribution in [-0.2, 0) is 4.79 Å². The van der Waals surface area contributed by atoms with Gasteiger partial charge in [-0.15, -0.1) is 0 Å². The summed E-state index contributed by atoms with van der Waals surface area (Å²) in [4.78, 5) is 12.2. The Hall–Kier alpha value is -2.40. The number of carbonyl (C=O) groups excluding carboxylic acids is 1. The highest BCUT2D eigenvalue weighted by atomic mass is 35.5. The molecule has 1 atom stereocenters. The van der Waals surface area contributed by atoms with E-state index in [-0.39, 0.29) is 18.3 Å². The summed E-state index contributed by atoms with van der Waals surface area (Å²) in [5.74, 6) is 1.65. The van der Waals surface area contributed by atoms with Gasteiger partial charge in [0.1, 0.15) is 5.75 Å². The lowest BCUT2D eigenvalue weighted by atomic mass is 9.83. The molecule has 0 aromatic heterocycles. The van der Waals surface area contributed by atoms with Gasteiger partial charge in [0.05, 0.1) is 27.8 Å². The Bertz CT molecular complexity index is 850. The molecule has 0 aliphatic carbocycles. The Morgan fingerprint density at radius 1 is 1.04 bits per heavy atom. The summed E-state index contributed by atoms with van der Waals surface area (Å²) in [7, 11) is 4.69. The Morgan fingerprint density at radius 2 is 1.65 bits per heavy atom. The zero-order chi connectivity index (χ0) is 19.0. The van der Waals surface area contributed by atoms with Crippen molar-refractivity contribution in [2.45, 2.75) is 26.2 Å². The summed E-state index contributed by atoms with van der Waals surface area (Å²) in [6.07, 6.45) is 0.214. The maximum absolute atomic E-state index is 12.2. The summed E-state index contributed by atoms with van der Waals surface area (Å²) >= 11 is 6.46. The van der Waals surface area contributed by atoms with E-state index in [0.29, 0.717) is 28.0 Å². The van der Waals surface area contributed by atoms with Crippen molar-refractivity contribution in [1.82, 2.24) is 0 Å². The molecule has 0 spiro atoms. The average Bonchev–Trinajstić information content (AvgIpc) is 2.63. The molecule has 6 heteroatoms. The fourth-order valence-corrected chi connectivity index (χ4v) is 3.63. The van der Waals surface area contributed by atoms with Crippen molar-refractivity contribution in [2.75, 3.05) is 21.3 Å². The molecular weight excluding hydrogens is 356 g/mol. The maximum Gasteiger partial charge on any atom is 0.312 e. The normalized spacial score (nSPS) is 15.9. The van der Waals surface area contributed by atoms with Crippen LogP contribution in [0.3, 0.4) is 0 Å². The molecule has 26 heavy (non-hydrogen) atoms. The van der Waals surface area contributed by atoms with Gasteiger partial charge in [-0.05, 0) is 48.7 Å². The Balaban J connectivity index is 2.23. The van der Waals surface area contributed by atoms with Crippen molar-refractivity contribution in [1.29, 1.82) is 0 Å². The molecule has 0 unspecified atom stereocenters. The zero-order valence-corrected chi connectivity index (χ0v) is 16.2. The highest BCUT2D eigenvalue weighted by Gasteiger charge is 2.32. The third-order valence-electron chi connectivity index (χ3n) is 4.72. The molecule has 5 nitrogen and oxygen atoms in total. The highest BCUT2D eigenvalue weighted by molar-refractivity contribution is 6.32. The van der Waals surface area contributed by atoms with Crippen LogP contribution in [0.4, 0.5) is 0 Å². The van der Waals surface area contributed by atoms with Crippen LogP contribution in [0.15, 0.2) is 18.2 Å². The second-order valence-corrected chi connectivity index (χ2v) is 6.61. The summed E-state index contributed by atoms with van der Waals surface area (Å²) in [6, 6.07) is 5.54. The van der Waals surface area contributed by atoms with E-state index in [9.17, 15) is 4.79 Å². The van der Waals surface area contributed by atoms with E-state index < -0.39 is 0 Å². The molecule has 138 valence electrons. The average molecular weight is 377 g/mol. The number of aryl methyl sites for hydroxylation is 1. The summed E-state index contributed by atoms with van der Waals surface area (Å²) in [6.45, 7) is 3.84. The third kappa shape index (κ3) is 2.97. The van der Waals surface area contributed by atoms with Crippen LogP contribution in [-0.4, -0.2) is 27.3 Å². The van der Waals surface area contributed by atoms with Crippen molar-refractivity contribution in [3.05, 3.63) is 45.5 Å². The number of hydrogen-bond donors (Lipinski definition) is 0. The predicted octanol–water partition coefficient (Wildman–Crippen LogP) is 4.42. The van der Waals surface area contributed by atoms with Gasteiger partial charge in [-0.1, -0.05) is 11.6 Å². The second kappa shape index (κ2) is 7.08. The SMILES string of the molecule is COc1cc([C@@H]2CC(=O)Oc3cc(C)c(Cl)c(C)c32)cc(OC)c1OC. The van der Waals surface area contributed by atoms with Gasteiger partial charge >= 0.3 is 5.97 Å². The first-order chi connectivity index (χ1) is 12.4. The predicted molar refractivity (Wildman–Crippen MR) is 99.1 cm³/mol. The number of esters is 1. The molecule has 0 amide bonds. The van der Waals surface area contributed by atoms with Crippen LogP contribution in [0.2, 0.25) is 5.02 Å². The van der Waals surface area contributed by atoms with Crippen LogP contribution >= 0.6 is 11.6 Å². The minimum atomic E-state index is -0.280. The fraction of sp³-hybridized carbons (Fsp3) is 0.350. The van der Waals surface area contributed by atoms with Gasteiger partial charge in [-0.3, -0.25) is 4.79 Å². The van der Waals surface area contributed by atoms with Gasteiger partial charge in [0.2, 0.25) is 5.75 Å². The topological polar surface area (TPSA) is 54.0 Å². The van der Waals surface area contributed by atoms with Crippen LogP contribution in [0, 0.1) is 13.8 Å². The minimum absolute atomic E-state index is 0.210. The van der Waals surface area contributed by atoms with E-state index in [4.69, 9.17) is 30.5 Å². The van der Waals surface area contributed by atoms with Gasteiger partial charge in [0.25, 0.3) is 0 Å². The quantitative estimate of drug-likeness (QED) is 0.584. The molecule has 0 saturated carbocycles. The lowest BCUT2D eigenvalue weighted by Crippen LogP contribution is -2.22. The Kier molecular flexibility index (Phi) is 5.01. The third-order valence-corrected chi connectivity index (χ3v) is 5.31. The van der Waals surface area contributed by atoms with Crippen molar-refractivity contribution in [3.8, 4) is 23.0 Å². The molecule has 0 radical (unpaired) electrons. The summed E-state index contributed by atoms with van der Waals surface area (Å²) < 4.78 is 21.8. The lowest BCUT2D eigenvalue weighted by molar-refractivity contribution is -0.135. The van der Waals surface area contributed by atoms with Crippen LogP contribution in [0.5, 0.6) is 23.0 Å². The Labute approximate surface area is 157 Å². The Morgan fingerprint density at radius 3 is 2.19 bits per heavy atom. The van der Waals surface area contributed by atoms with Gasteiger partial charge in [0.15, 0.2) is 11.5 Å². The van der Waals surface area contributed by atoms with Gasteiger partial charge in [-0.25, -0.2) is 0 Å². The van der Waals surface area contributed by atoms with Gasteiger partial charge in [0, 0.05) is 16.5 Å². The first kappa shape index (κ1) is 18.4. The molecule has 1 aliphatic rings. The summed E-state index contributed by atoms with van der Waals surface area (Å²) in [5, 5.41) is 0.680. The first-order valence-electron chi connectivity index (χ1n) is 8.21. The van der Waals surface area contributed by atoms with Gasteiger partial charge < -0.3 is 18.9 Å². The molecule has 0 N–H and O–H groups in total. The van der Waals surface area contributed by atoms with Crippen molar-refractivity contribution < 1.29 is 23.7 Å². The number of rotatable bonds is 4. The molecule has 0 bridgehead atoms. The molecule has 0 fully saturated rings. The van der Waals surface area contributed by atoms with Crippen molar-refractivity contribution in [3.63, 3.8) is 0 Å². The number of fused-ring (bicyclic) bond motifs is 1.